The molecule has 0 aliphatic carbocycles. The summed E-state index contributed by atoms with van der Waals surface area (Å²) < 4.78 is 0. The molecule has 7 heteroatoms. The van der Waals surface area contributed by atoms with E-state index in [0.29, 0.717) is 24.6 Å². The van der Waals surface area contributed by atoms with Crippen LogP contribution in [0, 0.1) is 5.92 Å². The second-order valence-corrected chi connectivity index (χ2v) is 8.04. The molecule has 0 saturated carbocycles. The van der Waals surface area contributed by atoms with Gasteiger partial charge in [0.2, 0.25) is 11.8 Å². The van der Waals surface area contributed by atoms with E-state index in [4.69, 9.17) is 0 Å². The smallest absolute Gasteiger partial charge is 0.319 e. The molecule has 146 valence electrons. The van der Waals surface area contributed by atoms with E-state index in [0.717, 1.165) is 0 Å². The Morgan fingerprint density at radius 3 is 2.41 bits per heavy atom. The maximum atomic E-state index is 12.6. The first-order chi connectivity index (χ1) is 12.8. The standard InChI is InChI=1S/C20H28N4O3/c1-11(2)13-5-7-14(8-6-13)21-20(27)22-15-9-16-18(25)23-17(12(3)4)19(26)24(16)10-15/h5-8,11-12,15-17H,9-10H2,1-4H3,(H,23,25)(H2,21,22,27)/t15-,16-,17+/m0/s1. The van der Waals surface area contributed by atoms with Crippen molar-refractivity contribution in [1.82, 2.24) is 15.5 Å². The highest BCUT2D eigenvalue weighted by Crippen LogP contribution is 2.25. The highest BCUT2D eigenvalue weighted by atomic mass is 16.2. The highest BCUT2D eigenvalue weighted by molar-refractivity contribution is 5.98. The van der Waals surface area contributed by atoms with E-state index >= 15 is 0 Å². The lowest BCUT2D eigenvalue weighted by molar-refractivity contribution is -0.148. The van der Waals surface area contributed by atoms with Crippen molar-refractivity contribution >= 4 is 23.5 Å². The van der Waals surface area contributed by atoms with E-state index in [1.54, 1.807) is 4.90 Å². The van der Waals surface area contributed by atoms with Crippen LogP contribution in [0.15, 0.2) is 24.3 Å². The van der Waals surface area contributed by atoms with Gasteiger partial charge in [-0.2, -0.15) is 0 Å². The molecule has 0 bridgehead atoms. The lowest BCUT2D eigenvalue weighted by atomic mass is 9.98. The summed E-state index contributed by atoms with van der Waals surface area (Å²) in [5.74, 6) is 0.263. The molecule has 3 N–H and O–H groups in total. The number of hydrogen-bond acceptors (Lipinski definition) is 3. The van der Waals surface area contributed by atoms with Crippen molar-refractivity contribution in [2.24, 2.45) is 5.92 Å². The Hall–Kier alpha value is -2.57. The third-order valence-corrected chi connectivity index (χ3v) is 5.29. The van der Waals surface area contributed by atoms with Crippen LogP contribution in [0.1, 0.15) is 45.6 Å². The number of rotatable bonds is 4. The number of nitrogens with one attached hydrogen (secondary N) is 3. The van der Waals surface area contributed by atoms with E-state index in [9.17, 15) is 14.4 Å². The van der Waals surface area contributed by atoms with Gasteiger partial charge in [0.25, 0.3) is 0 Å². The molecule has 4 amide bonds. The van der Waals surface area contributed by atoms with Gasteiger partial charge in [0.1, 0.15) is 12.1 Å². The number of fused-ring (bicyclic) bond motifs is 1. The maximum absolute atomic E-state index is 12.6. The number of piperazine rings is 1. The Morgan fingerprint density at radius 1 is 1.15 bits per heavy atom. The molecule has 1 aromatic carbocycles. The van der Waals surface area contributed by atoms with Crippen molar-refractivity contribution in [3.05, 3.63) is 29.8 Å². The molecule has 0 radical (unpaired) electrons. The minimum atomic E-state index is -0.497. The van der Waals surface area contributed by atoms with Gasteiger partial charge in [0.05, 0.1) is 6.04 Å². The highest BCUT2D eigenvalue weighted by Gasteiger charge is 2.47. The molecule has 0 spiro atoms. The van der Waals surface area contributed by atoms with Crippen molar-refractivity contribution in [1.29, 1.82) is 0 Å². The number of hydrogen-bond donors (Lipinski definition) is 3. The molecule has 0 aromatic heterocycles. The van der Waals surface area contributed by atoms with Crippen LogP contribution in [0.3, 0.4) is 0 Å². The second-order valence-electron chi connectivity index (χ2n) is 8.04. The maximum Gasteiger partial charge on any atom is 0.319 e. The summed E-state index contributed by atoms with van der Waals surface area (Å²) in [6, 6.07) is 6.17. The first-order valence-electron chi connectivity index (χ1n) is 9.54. The van der Waals surface area contributed by atoms with Gasteiger partial charge in [-0.05, 0) is 36.0 Å². The first-order valence-corrected chi connectivity index (χ1v) is 9.54. The normalized spacial score (nSPS) is 24.8. The van der Waals surface area contributed by atoms with Crippen molar-refractivity contribution in [2.75, 3.05) is 11.9 Å². The predicted octanol–water partition coefficient (Wildman–Crippen LogP) is 2.06. The van der Waals surface area contributed by atoms with Gasteiger partial charge in [-0.1, -0.05) is 39.8 Å². The fourth-order valence-corrected chi connectivity index (χ4v) is 3.68. The SMILES string of the molecule is CC(C)c1ccc(NC(=O)N[C@H]2C[C@H]3C(=O)N[C@H](C(C)C)C(=O)N3C2)cc1. The molecule has 2 heterocycles. The van der Waals surface area contributed by atoms with Crippen LogP contribution in [0.5, 0.6) is 0 Å². The summed E-state index contributed by atoms with van der Waals surface area (Å²) >= 11 is 0. The molecule has 2 aliphatic heterocycles. The van der Waals surface area contributed by atoms with Crippen LogP contribution in [-0.2, 0) is 9.59 Å². The minimum Gasteiger partial charge on any atom is -0.342 e. The zero-order chi connectivity index (χ0) is 19.7. The van der Waals surface area contributed by atoms with E-state index in [1.807, 2.05) is 38.1 Å². The van der Waals surface area contributed by atoms with Crippen LogP contribution < -0.4 is 16.0 Å². The molecule has 0 unspecified atom stereocenters. The fourth-order valence-electron chi connectivity index (χ4n) is 3.68. The van der Waals surface area contributed by atoms with Gasteiger partial charge in [0.15, 0.2) is 0 Å². The minimum absolute atomic E-state index is 0.0338. The number of carbonyl (C=O) groups is 3. The number of urea groups is 1. The number of benzene rings is 1. The van der Waals surface area contributed by atoms with Crippen LogP contribution in [-0.4, -0.2) is 47.4 Å². The molecule has 2 saturated heterocycles. The predicted molar refractivity (Wildman–Crippen MR) is 103 cm³/mol. The molecule has 1 aromatic rings. The fraction of sp³-hybridized carbons (Fsp3) is 0.550. The quantitative estimate of drug-likeness (QED) is 0.756. The van der Waals surface area contributed by atoms with Gasteiger partial charge in [-0.15, -0.1) is 0 Å². The van der Waals surface area contributed by atoms with Crippen LogP contribution in [0.25, 0.3) is 0 Å². The van der Waals surface area contributed by atoms with Crippen LogP contribution in [0.2, 0.25) is 0 Å². The van der Waals surface area contributed by atoms with E-state index in [1.165, 1.54) is 5.56 Å². The molecule has 3 atom stereocenters. The largest absolute Gasteiger partial charge is 0.342 e. The van der Waals surface area contributed by atoms with Crippen molar-refractivity contribution in [3.8, 4) is 0 Å². The van der Waals surface area contributed by atoms with Gasteiger partial charge in [-0.3, -0.25) is 9.59 Å². The van der Waals surface area contributed by atoms with Crippen LogP contribution >= 0.6 is 0 Å². The third kappa shape index (κ3) is 4.07. The summed E-state index contributed by atoms with van der Waals surface area (Å²) in [5.41, 5.74) is 1.92. The summed E-state index contributed by atoms with van der Waals surface area (Å²) in [6.07, 6.45) is 0.433. The Labute approximate surface area is 159 Å². The number of carbonyl (C=O) groups excluding carboxylic acids is 3. The van der Waals surface area contributed by atoms with E-state index < -0.39 is 12.1 Å². The van der Waals surface area contributed by atoms with Gasteiger partial charge in [0, 0.05) is 12.2 Å². The van der Waals surface area contributed by atoms with Crippen molar-refractivity contribution < 1.29 is 14.4 Å². The number of amides is 4. The lowest BCUT2D eigenvalue weighted by Gasteiger charge is -2.36. The zero-order valence-electron chi connectivity index (χ0n) is 16.3. The van der Waals surface area contributed by atoms with Gasteiger partial charge >= 0.3 is 6.03 Å². The second kappa shape index (κ2) is 7.58. The lowest BCUT2D eigenvalue weighted by Crippen LogP contribution is -2.62. The Morgan fingerprint density at radius 2 is 1.81 bits per heavy atom. The van der Waals surface area contributed by atoms with Crippen molar-refractivity contribution in [2.45, 2.75) is 58.2 Å². The summed E-state index contributed by atoms with van der Waals surface area (Å²) in [7, 11) is 0. The monoisotopic (exact) mass is 372 g/mol. The van der Waals surface area contributed by atoms with Gasteiger partial charge in [-0.25, -0.2) is 4.79 Å². The average molecular weight is 372 g/mol. The molecule has 7 nitrogen and oxygen atoms in total. The Balaban J connectivity index is 1.58. The van der Waals surface area contributed by atoms with Gasteiger partial charge < -0.3 is 20.9 Å². The average Bonchev–Trinajstić information content (AvgIpc) is 3.02. The Bertz CT molecular complexity index is 729. The molecule has 3 rings (SSSR count). The summed E-state index contributed by atoms with van der Waals surface area (Å²) in [4.78, 5) is 38.8. The topological polar surface area (TPSA) is 90.5 Å². The third-order valence-electron chi connectivity index (χ3n) is 5.29. The summed E-state index contributed by atoms with van der Waals surface area (Å²) in [6.45, 7) is 8.41. The number of anilines is 1. The molecule has 2 aliphatic rings. The van der Waals surface area contributed by atoms with Crippen molar-refractivity contribution in [3.63, 3.8) is 0 Å². The molecule has 2 fully saturated rings. The number of nitrogens with zero attached hydrogens (tertiary/aromatic N) is 1. The first kappa shape index (κ1) is 19.2. The summed E-state index contributed by atoms with van der Waals surface area (Å²) in [5, 5.41) is 8.50. The Kier molecular flexibility index (Phi) is 5.39. The van der Waals surface area contributed by atoms with E-state index in [-0.39, 0.29) is 29.8 Å². The zero-order valence-corrected chi connectivity index (χ0v) is 16.3. The molecule has 27 heavy (non-hydrogen) atoms. The van der Waals surface area contributed by atoms with E-state index in [2.05, 4.69) is 29.8 Å². The molecular formula is C20H28N4O3. The van der Waals surface area contributed by atoms with Crippen LogP contribution in [0.4, 0.5) is 10.5 Å². The molecular weight excluding hydrogens is 344 g/mol.